The molecular formula is C15H20. The second-order valence-electron chi connectivity index (χ2n) is 4.83. The largest absolute Gasteiger partial charge is 0.0837 e. The minimum atomic E-state index is 0.944. The zero-order valence-electron chi connectivity index (χ0n) is 9.52. The summed E-state index contributed by atoms with van der Waals surface area (Å²) in [6.45, 7) is 2.38. The summed E-state index contributed by atoms with van der Waals surface area (Å²) in [5.41, 5.74) is 1.32. The Labute approximate surface area is 93.0 Å². The normalized spacial score (nSPS) is 26.2. The molecule has 0 heteroatoms. The van der Waals surface area contributed by atoms with Crippen LogP contribution in [0.2, 0.25) is 0 Å². The molecule has 0 nitrogen and oxygen atoms in total. The second-order valence-corrected chi connectivity index (χ2v) is 4.83. The van der Waals surface area contributed by atoms with Gasteiger partial charge in [0.15, 0.2) is 0 Å². The fraction of sp³-hybridized carbons (Fsp3) is 0.467. The summed E-state index contributed by atoms with van der Waals surface area (Å²) in [6.07, 6.45) is 10.2. The predicted molar refractivity (Wildman–Crippen MR) is 66.6 cm³/mol. The molecule has 0 heterocycles. The first-order valence-corrected chi connectivity index (χ1v) is 6.06. The lowest BCUT2D eigenvalue weighted by atomic mass is 10.0. The van der Waals surface area contributed by atoms with Gasteiger partial charge in [0.05, 0.1) is 0 Å². The van der Waals surface area contributed by atoms with E-state index in [1.807, 2.05) is 0 Å². The standard InChI is InChI=1S/C15H20/c1-13-10-11-15(12-13)9-5-8-14-6-3-2-4-7-14/h2-8,13,15H,9-12H2,1H3/b8-5+/t13-,15-/m1/s1. The van der Waals surface area contributed by atoms with Crippen molar-refractivity contribution in [3.63, 3.8) is 0 Å². The molecule has 2 rings (SSSR count). The van der Waals surface area contributed by atoms with Gasteiger partial charge < -0.3 is 0 Å². The van der Waals surface area contributed by atoms with Crippen molar-refractivity contribution < 1.29 is 0 Å². The molecule has 1 aromatic rings. The van der Waals surface area contributed by atoms with E-state index in [-0.39, 0.29) is 0 Å². The van der Waals surface area contributed by atoms with E-state index < -0.39 is 0 Å². The Morgan fingerprint density at radius 2 is 2.00 bits per heavy atom. The van der Waals surface area contributed by atoms with Crippen LogP contribution in [0.25, 0.3) is 6.08 Å². The number of allylic oxidation sites excluding steroid dienone is 1. The van der Waals surface area contributed by atoms with Crippen LogP contribution in [-0.2, 0) is 0 Å². The van der Waals surface area contributed by atoms with Gasteiger partial charge >= 0.3 is 0 Å². The third kappa shape index (κ3) is 3.23. The average molecular weight is 200 g/mol. The van der Waals surface area contributed by atoms with Crippen LogP contribution in [0.3, 0.4) is 0 Å². The summed E-state index contributed by atoms with van der Waals surface area (Å²) >= 11 is 0. The minimum Gasteiger partial charge on any atom is -0.0837 e. The van der Waals surface area contributed by atoms with Crippen molar-refractivity contribution in [2.75, 3.05) is 0 Å². The van der Waals surface area contributed by atoms with Gasteiger partial charge in [-0.05, 0) is 36.7 Å². The second kappa shape index (κ2) is 5.16. The molecule has 0 aromatic heterocycles. The molecule has 0 bridgehead atoms. The summed E-state index contributed by atoms with van der Waals surface area (Å²) in [5, 5.41) is 0. The lowest BCUT2D eigenvalue weighted by Crippen LogP contribution is -1.91. The van der Waals surface area contributed by atoms with Gasteiger partial charge in [-0.2, -0.15) is 0 Å². The van der Waals surface area contributed by atoms with Crippen LogP contribution in [0.4, 0.5) is 0 Å². The molecule has 15 heavy (non-hydrogen) atoms. The van der Waals surface area contributed by atoms with E-state index in [9.17, 15) is 0 Å². The van der Waals surface area contributed by atoms with Crippen molar-refractivity contribution in [1.29, 1.82) is 0 Å². The Morgan fingerprint density at radius 1 is 1.20 bits per heavy atom. The molecular weight excluding hydrogens is 180 g/mol. The highest BCUT2D eigenvalue weighted by atomic mass is 14.2. The predicted octanol–water partition coefficient (Wildman–Crippen LogP) is 4.53. The smallest absolute Gasteiger partial charge is 0.0260 e. The highest BCUT2D eigenvalue weighted by molar-refractivity contribution is 5.48. The van der Waals surface area contributed by atoms with E-state index in [4.69, 9.17) is 0 Å². The Morgan fingerprint density at radius 3 is 2.67 bits per heavy atom. The number of benzene rings is 1. The van der Waals surface area contributed by atoms with Gasteiger partial charge in [0, 0.05) is 0 Å². The first-order chi connectivity index (χ1) is 7.34. The number of hydrogen-bond acceptors (Lipinski definition) is 0. The number of rotatable bonds is 3. The average Bonchev–Trinajstić information content (AvgIpc) is 2.66. The molecule has 1 aliphatic rings. The van der Waals surface area contributed by atoms with Crippen molar-refractivity contribution in [2.45, 2.75) is 32.6 Å². The molecule has 80 valence electrons. The fourth-order valence-electron chi connectivity index (χ4n) is 2.50. The zero-order valence-corrected chi connectivity index (χ0v) is 9.52. The SMILES string of the molecule is C[C@@H]1CC[C@@H](C/C=C/c2ccccc2)C1. The Balaban J connectivity index is 1.81. The Bertz CT molecular complexity index is 310. The van der Waals surface area contributed by atoms with Gasteiger partial charge in [0.1, 0.15) is 0 Å². The third-order valence-corrected chi connectivity index (χ3v) is 3.38. The van der Waals surface area contributed by atoms with E-state index in [2.05, 4.69) is 49.4 Å². The highest BCUT2D eigenvalue weighted by Crippen LogP contribution is 2.32. The Kier molecular flexibility index (Phi) is 3.60. The van der Waals surface area contributed by atoms with Crippen molar-refractivity contribution in [1.82, 2.24) is 0 Å². The highest BCUT2D eigenvalue weighted by Gasteiger charge is 2.19. The van der Waals surface area contributed by atoms with E-state index in [0.717, 1.165) is 11.8 Å². The maximum Gasteiger partial charge on any atom is -0.0260 e. The van der Waals surface area contributed by atoms with Gasteiger partial charge in [-0.3, -0.25) is 0 Å². The topological polar surface area (TPSA) is 0 Å². The molecule has 0 radical (unpaired) electrons. The van der Waals surface area contributed by atoms with E-state index in [0.29, 0.717) is 0 Å². The van der Waals surface area contributed by atoms with E-state index in [1.54, 1.807) is 0 Å². The molecule has 0 saturated heterocycles. The summed E-state index contributed by atoms with van der Waals surface area (Å²) in [7, 11) is 0. The first kappa shape index (κ1) is 10.5. The van der Waals surface area contributed by atoms with Crippen LogP contribution in [0, 0.1) is 11.8 Å². The summed E-state index contributed by atoms with van der Waals surface area (Å²) in [5.74, 6) is 1.90. The molecule has 1 aliphatic carbocycles. The van der Waals surface area contributed by atoms with Crippen molar-refractivity contribution in [3.05, 3.63) is 42.0 Å². The van der Waals surface area contributed by atoms with Gasteiger partial charge in [-0.1, -0.05) is 55.8 Å². The molecule has 0 aliphatic heterocycles. The maximum atomic E-state index is 2.38. The number of hydrogen-bond donors (Lipinski definition) is 0. The maximum absolute atomic E-state index is 2.38. The minimum absolute atomic E-state index is 0.944. The molecule has 0 spiro atoms. The molecule has 1 aromatic carbocycles. The van der Waals surface area contributed by atoms with Gasteiger partial charge in [0.25, 0.3) is 0 Å². The van der Waals surface area contributed by atoms with Crippen LogP contribution in [0.15, 0.2) is 36.4 Å². The van der Waals surface area contributed by atoms with Crippen molar-refractivity contribution in [2.24, 2.45) is 11.8 Å². The van der Waals surface area contributed by atoms with Crippen molar-refractivity contribution in [3.8, 4) is 0 Å². The lowest BCUT2D eigenvalue weighted by Gasteiger charge is -2.04. The van der Waals surface area contributed by atoms with Crippen LogP contribution in [0.1, 0.15) is 38.2 Å². The molecule has 1 fully saturated rings. The molecule has 0 amide bonds. The third-order valence-electron chi connectivity index (χ3n) is 3.38. The monoisotopic (exact) mass is 200 g/mol. The fourth-order valence-corrected chi connectivity index (χ4v) is 2.50. The Hall–Kier alpha value is -1.04. The molecule has 0 N–H and O–H groups in total. The lowest BCUT2D eigenvalue weighted by molar-refractivity contribution is 0.522. The summed E-state index contributed by atoms with van der Waals surface area (Å²) in [4.78, 5) is 0. The van der Waals surface area contributed by atoms with Crippen LogP contribution < -0.4 is 0 Å². The quantitative estimate of drug-likeness (QED) is 0.672. The van der Waals surface area contributed by atoms with Crippen LogP contribution in [0.5, 0.6) is 0 Å². The van der Waals surface area contributed by atoms with Gasteiger partial charge in [-0.15, -0.1) is 0 Å². The van der Waals surface area contributed by atoms with Crippen LogP contribution >= 0.6 is 0 Å². The van der Waals surface area contributed by atoms with Gasteiger partial charge in [0.2, 0.25) is 0 Å². The molecule has 0 unspecified atom stereocenters. The van der Waals surface area contributed by atoms with E-state index >= 15 is 0 Å². The van der Waals surface area contributed by atoms with Crippen molar-refractivity contribution >= 4 is 6.08 Å². The van der Waals surface area contributed by atoms with Gasteiger partial charge in [-0.25, -0.2) is 0 Å². The van der Waals surface area contributed by atoms with Crippen LogP contribution in [-0.4, -0.2) is 0 Å². The molecule has 2 atom stereocenters. The summed E-state index contributed by atoms with van der Waals surface area (Å²) in [6, 6.07) is 10.6. The zero-order chi connectivity index (χ0) is 10.5. The summed E-state index contributed by atoms with van der Waals surface area (Å²) < 4.78 is 0. The first-order valence-electron chi connectivity index (χ1n) is 6.06. The van der Waals surface area contributed by atoms with E-state index in [1.165, 1.54) is 31.2 Å². The molecule has 1 saturated carbocycles.